The molecule has 32 heavy (non-hydrogen) atoms. The lowest BCUT2D eigenvalue weighted by molar-refractivity contribution is -0.104. The molecule has 3 aromatic carbocycles. The second kappa shape index (κ2) is 11.5. The Hall–Kier alpha value is -3.04. The molecule has 3 aromatic rings. The van der Waals surface area contributed by atoms with Crippen LogP contribution in [0.1, 0.15) is 37.8 Å². The molecule has 4 heteroatoms. The monoisotopic (exact) mass is 448 g/mol. The van der Waals surface area contributed by atoms with Gasteiger partial charge in [-0.25, -0.2) is 0 Å². The summed E-state index contributed by atoms with van der Waals surface area (Å²) in [5.41, 5.74) is 1.80. The fraction of sp³-hybridized carbons (Fsp3) is 0.250. The minimum Gasteiger partial charge on any atom is -0.494 e. The van der Waals surface area contributed by atoms with Crippen LogP contribution in [0.5, 0.6) is 17.2 Å². The number of carbonyl (C=O) groups excluding carboxylic acids is 1. The molecule has 0 heterocycles. The first-order chi connectivity index (χ1) is 15.5. The molecule has 0 fully saturated rings. The van der Waals surface area contributed by atoms with Crippen molar-refractivity contribution >= 4 is 17.9 Å². The molecule has 0 aliphatic carbocycles. The summed E-state index contributed by atoms with van der Waals surface area (Å²) in [6, 6.07) is 25.9. The Bertz CT molecular complexity index is 1030. The Labute approximate surface area is 195 Å². The van der Waals surface area contributed by atoms with Crippen LogP contribution in [0.15, 0.2) is 90.0 Å². The summed E-state index contributed by atoms with van der Waals surface area (Å²) >= 11 is 6.60. The largest absolute Gasteiger partial charge is 0.494 e. The first-order valence-corrected chi connectivity index (χ1v) is 11.3. The highest BCUT2D eigenvalue weighted by atomic mass is 35.5. The number of hydrogen-bond acceptors (Lipinski definition) is 3. The summed E-state index contributed by atoms with van der Waals surface area (Å²) in [5, 5.41) is 0.540. The van der Waals surface area contributed by atoms with Gasteiger partial charge in [-0.05, 0) is 79.8 Å². The van der Waals surface area contributed by atoms with Crippen molar-refractivity contribution in [2.45, 2.75) is 38.5 Å². The van der Waals surface area contributed by atoms with Gasteiger partial charge < -0.3 is 9.47 Å². The normalized spacial score (nSPS) is 13.3. The summed E-state index contributed by atoms with van der Waals surface area (Å²) < 4.78 is 11.5. The van der Waals surface area contributed by atoms with E-state index in [-0.39, 0.29) is 0 Å². The maximum absolute atomic E-state index is 11.1. The zero-order valence-electron chi connectivity index (χ0n) is 18.6. The molecule has 1 unspecified atom stereocenters. The Balaban J connectivity index is 1.71. The van der Waals surface area contributed by atoms with E-state index in [9.17, 15) is 4.79 Å². The van der Waals surface area contributed by atoms with E-state index >= 15 is 0 Å². The van der Waals surface area contributed by atoms with Gasteiger partial charge in [-0.2, -0.15) is 0 Å². The standard InChI is InChI=1S/C28H29ClO3/c1-3-31-24-16-14-23(15-17-24)28(2,27(29)18-20-30)19-8-10-22-9-7-13-26(21-22)32-25-11-5-4-6-12-25/h4-7,9,11-18,20-21H,3,8,10,19H2,1-2H3. The summed E-state index contributed by atoms with van der Waals surface area (Å²) in [6.45, 7) is 4.66. The molecule has 0 aliphatic rings. The van der Waals surface area contributed by atoms with Crippen LogP contribution in [0.4, 0.5) is 0 Å². The van der Waals surface area contributed by atoms with Crippen molar-refractivity contribution in [1.29, 1.82) is 0 Å². The number of halogens is 1. The lowest BCUT2D eigenvalue weighted by atomic mass is 9.77. The third-order valence-corrected chi connectivity index (χ3v) is 6.11. The van der Waals surface area contributed by atoms with Gasteiger partial charge in [0.25, 0.3) is 0 Å². The average molecular weight is 449 g/mol. The highest BCUT2D eigenvalue weighted by Crippen LogP contribution is 2.39. The SMILES string of the molecule is CCOc1ccc(C(C)(CCCc2cccc(Oc3ccccc3)c2)C(Cl)=CC=O)cc1. The van der Waals surface area contributed by atoms with Crippen LogP contribution in [-0.4, -0.2) is 12.9 Å². The predicted octanol–water partition coefficient (Wildman–Crippen LogP) is 7.48. The number of carbonyl (C=O) groups is 1. The Morgan fingerprint density at radius 1 is 0.938 bits per heavy atom. The number of para-hydroxylation sites is 1. The Morgan fingerprint density at radius 2 is 1.66 bits per heavy atom. The second-order valence-corrected chi connectivity index (χ2v) is 8.26. The minimum absolute atomic E-state index is 0.453. The molecule has 0 aromatic heterocycles. The van der Waals surface area contributed by atoms with Crippen molar-refractivity contribution in [3.8, 4) is 17.2 Å². The van der Waals surface area contributed by atoms with Crippen molar-refractivity contribution in [3.05, 3.63) is 101 Å². The second-order valence-electron chi connectivity index (χ2n) is 7.86. The first-order valence-electron chi connectivity index (χ1n) is 10.9. The quantitative estimate of drug-likeness (QED) is 0.225. The number of aryl methyl sites for hydroxylation is 1. The molecule has 166 valence electrons. The van der Waals surface area contributed by atoms with Crippen molar-refractivity contribution in [1.82, 2.24) is 0 Å². The highest BCUT2D eigenvalue weighted by molar-refractivity contribution is 6.31. The molecule has 0 saturated carbocycles. The summed E-state index contributed by atoms with van der Waals surface area (Å²) in [7, 11) is 0. The highest BCUT2D eigenvalue weighted by Gasteiger charge is 2.30. The molecule has 0 amide bonds. The molecule has 1 atom stereocenters. The van der Waals surface area contributed by atoms with E-state index in [1.807, 2.05) is 73.7 Å². The number of ether oxygens (including phenoxy) is 2. The lowest BCUT2D eigenvalue weighted by Gasteiger charge is -2.30. The molecular weight excluding hydrogens is 420 g/mol. The minimum atomic E-state index is -0.453. The van der Waals surface area contributed by atoms with Crippen LogP contribution < -0.4 is 9.47 Å². The van der Waals surface area contributed by atoms with Gasteiger partial charge in [0.1, 0.15) is 23.5 Å². The van der Waals surface area contributed by atoms with Crippen LogP contribution in [0.2, 0.25) is 0 Å². The van der Waals surface area contributed by atoms with Gasteiger partial charge in [-0.3, -0.25) is 4.79 Å². The van der Waals surface area contributed by atoms with Gasteiger partial charge in [0.05, 0.1) is 6.61 Å². The zero-order chi connectivity index (χ0) is 22.8. The van der Waals surface area contributed by atoms with E-state index in [0.717, 1.165) is 48.4 Å². The van der Waals surface area contributed by atoms with E-state index in [2.05, 4.69) is 19.1 Å². The lowest BCUT2D eigenvalue weighted by Crippen LogP contribution is -2.23. The fourth-order valence-electron chi connectivity index (χ4n) is 3.77. The van der Waals surface area contributed by atoms with E-state index < -0.39 is 5.41 Å². The van der Waals surface area contributed by atoms with Gasteiger partial charge in [-0.1, -0.05) is 61.0 Å². The van der Waals surface area contributed by atoms with E-state index in [4.69, 9.17) is 21.1 Å². The average Bonchev–Trinajstić information content (AvgIpc) is 2.81. The van der Waals surface area contributed by atoms with E-state index in [1.165, 1.54) is 11.6 Å². The van der Waals surface area contributed by atoms with Gasteiger partial charge in [0.15, 0.2) is 0 Å². The number of hydrogen-bond donors (Lipinski definition) is 0. The van der Waals surface area contributed by atoms with Crippen LogP contribution in [0, 0.1) is 0 Å². The molecule has 0 spiro atoms. The molecule has 0 N–H and O–H groups in total. The number of aldehydes is 1. The Morgan fingerprint density at radius 3 is 2.34 bits per heavy atom. The van der Waals surface area contributed by atoms with Gasteiger partial charge >= 0.3 is 0 Å². The first kappa shape index (κ1) is 23.6. The van der Waals surface area contributed by atoms with Crippen LogP contribution in [0.25, 0.3) is 0 Å². The van der Waals surface area contributed by atoms with Crippen LogP contribution in [-0.2, 0) is 16.6 Å². The van der Waals surface area contributed by atoms with Crippen LogP contribution in [0.3, 0.4) is 0 Å². The molecule has 0 bridgehead atoms. The van der Waals surface area contributed by atoms with Crippen molar-refractivity contribution in [2.24, 2.45) is 0 Å². The fourth-order valence-corrected chi connectivity index (χ4v) is 4.02. The Kier molecular flexibility index (Phi) is 8.52. The molecule has 0 radical (unpaired) electrons. The van der Waals surface area contributed by atoms with Crippen molar-refractivity contribution in [2.75, 3.05) is 6.61 Å². The van der Waals surface area contributed by atoms with Crippen molar-refractivity contribution in [3.63, 3.8) is 0 Å². The van der Waals surface area contributed by atoms with E-state index in [0.29, 0.717) is 11.6 Å². The molecule has 3 nitrogen and oxygen atoms in total. The topological polar surface area (TPSA) is 35.5 Å². The summed E-state index contributed by atoms with van der Waals surface area (Å²) in [5.74, 6) is 2.46. The summed E-state index contributed by atoms with van der Waals surface area (Å²) in [4.78, 5) is 11.1. The zero-order valence-corrected chi connectivity index (χ0v) is 19.3. The number of allylic oxidation sites excluding steroid dienone is 2. The predicted molar refractivity (Wildman–Crippen MR) is 131 cm³/mol. The third kappa shape index (κ3) is 6.24. The molecule has 0 saturated heterocycles. The molecule has 0 aliphatic heterocycles. The maximum Gasteiger partial charge on any atom is 0.144 e. The number of benzene rings is 3. The molecule has 3 rings (SSSR count). The van der Waals surface area contributed by atoms with Crippen molar-refractivity contribution < 1.29 is 14.3 Å². The van der Waals surface area contributed by atoms with Crippen LogP contribution >= 0.6 is 11.6 Å². The number of rotatable bonds is 11. The van der Waals surface area contributed by atoms with Gasteiger partial charge in [0.2, 0.25) is 0 Å². The maximum atomic E-state index is 11.1. The molecular formula is C28H29ClO3. The summed E-state index contributed by atoms with van der Waals surface area (Å²) in [6.07, 6.45) is 4.78. The van der Waals surface area contributed by atoms with Gasteiger partial charge in [-0.15, -0.1) is 0 Å². The van der Waals surface area contributed by atoms with Gasteiger partial charge in [0, 0.05) is 10.4 Å². The van der Waals surface area contributed by atoms with E-state index in [1.54, 1.807) is 0 Å². The smallest absolute Gasteiger partial charge is 0.144 e. The third-order valence-electron chi connectivity index (χ3n) is 5.56.